The first-order chi connectivity index (χ1) is 12.5. The first-order valence-electron chi connectivity index (χ1n) is 7.55. The molecule has 8 heteroatoms. The Balaban J connectivity index is 1.96. The molecule has 0 bridgehead atoms. The average molecular weight is 372 g/mol. The van der Waals surface area contributed by atoms with Crippen LogP contribution >= 0.6 is 11.3 Å². The van der Waals surface area contributed by atoms with Crippen LogP contribution in [0.1, 0.15) is 22.2 Å². The van der Waals surface area contributed by atoms with Crippen molar-refractivity contribution in [3.8, 4) is 0 Å². The van der Waals surface area contributed by atoms with Crippen molar-refractivity contribution in [2.75, 3.05) is 6.61 Å². The van der Waals surface area contributed by atoms with Gasteiger partial charge in [-0.15, -0.1) is 11.3 Å². The molecule has 2 rings (SSSR count). The second-order valence-electron chi connectivity index (χ2n) is 5.08. The van der Waals surface area contributed by atoms with Crippen molar-refractivity contribution < 1.29 is 23.9 Å². The Kier molecular flexibility index (Phi) is 6.81. The van der Waals surface area contributed by atoms with Crippen molar-refractivity contribution in [3.63, 3.8) is 0 Å². The topological polar surface area (TPSA) is 102 Å². The Morgan fingerprint density at radius 1 is 1.04 bits per heavy atom. The van der Waals surface area contributed by atoms with Crippen molar-refractivity contribution in [1.82, 2.24) is 10.6 Å². The fraction of sp³-hybridized carbons (Fsp3) is 0.111. The Morgan fingerprint density at radius 3 is 2.38 bits per heavy atom. The van der Waals surface area contributed by atoms with Crippen LogP contribution < -0.4 is 10.6 Å². The Morgan fingerprint density at radius 2 is 1.77 bits per heavy atom. The zero-order valence-electron chi connectivity index (χ0n) is 13.9. The smallest absolute Gasteiger partial charge is 0.355 e. The van der Waals surface area contributed by atoms with Gasteiger partial charge in [-0.2, -0.15) is 0 Å². The van der Waals surface area contributed by atoms with E-state index in [9.17, 15) is 19.2 Å². The summed E-state index contributed by atoms with van der Waals surface area (Å²) in [5.74, 6) is -2.68. The molecule has 0 aliphatic heterocycles. The van der Waals surface area contributed by atoms with E-state index < -0.39 is 30.3 Å². The van der Waals surface area contributed by atoms with Crippen molar-refractivity contribution in [3.05, 3.63) is 64.0 Å². The normalized spacial score (nSPS) is 10.7. The number of hydrogen-bond donors (Lipinski definition) is 2. The molecule has 7 nitrogen and oxygen atoms in total. The van der Waals surface area contributed by atoms with E-state index in [-0.39, 0.29) is 5.70 Å². The summed E-state index contributed by atoms with van der Waals surface area (Å²) >= 11 is 1.18. The lowest BCUT2D eigenvalue weighted by molar-refractivity contribution is -0.145. The lowest BCUT2D eigenvalue weighted by Crippen LogP contribution is -2.35. The summed E-state index contributed by atoms with van der Waals surface area (Å²) in [6.45, 7) is 0.597. The van der Waals surface area contributed by atoms with E-state index in [0.29, 0.717) is 10.4 Å². The number of imide groups is 1. The molecule has 26 heavy (non-hydrogen) atoms. The number of hydrogen-bond acceptors (Lipinski definition) is 6. The number of benzene rings is 1. The average Bonchev–Trinajstić information content (AvgIpc) is 3.14. The van der Waals surface area contributed by atoms with Gasteiger partial charge < -0.3 is 10.1 Å². The molecular weight excluding hydrogens is 356 g/mol. The molecule has 1 aromatic heterocycles. The molecule has 0 atom stereocenters. The summed E-state index contributed by atoms with van der Waals surface area (Å²) in [5.41, 5.74) is 0.562. The lowest BCUT2D eigenvalue weighted by Gasteiger charge is -2.09. The van der Waals surface area contributed by atoms with Crippen LogP contribution in [0.25, 0.3) is 6.08 Å². The highest BCUT2D eigenvalue weighted by Gasteiger charge is 2.16. The van der Waals surface area contributed by atoms with Crippen molar-refractivity contribution in [1.29, 1.82) is 0 Å². The Bertz CT molecular complexity index is 829. The maximum absolute atomic E-state index is 12.1. The Labute approximate surface area is 153 Å². The maximum Gasteiger partial charge on any atom is 0.355 e. The first-order valence-corrected chi connectivity index (χ1v) is 8.43. The third kappa shape index (κ3) is 5.99. The summed E-state index contributed by atoms with van der Waals surface area (Å²) in [4.78, 5) is 47.3. The second-order valence-corrected chi connectivity index (χ2v) is 6.03. The number of ether oxygens (including phenoxy) is 1. The number of carbonyl (C=O) groups excluding carboxylic acids is 4. The summed E-state index contributed by atoms with van der Waals surface area (Å²) in [6.07, 6.45) is 1.43. The molecule has 2 N–H and O–H groups in total. The van der Waals surface area contributed by atoms with Gasteiger partial charge in [-0.25, -0.2) is 4.79 Å². The highest BCUT2D eigenvalue weighted by molar-refractivity contribution is 7.12. The summed E-state index contributed by atoms with van der Waals surface area (Å²) < 4.78 is 4.87. The molecule has 0 saturated heterocycles. The van der Waals surface area contributed by atoms with E-state index in [1.165, 1.54) is 24.3 Å². The molecule has 0 fully saturated rings. The van der Waals surface area contributed by atoms with E-state index in [4.69, 9.17) is 4.74 Å². The fourth-order valence-corrected chi connectivity index (χ4v) is 2.51. The second kappa shape index (κ2) is 9.28. The van der Waals surface area contributed by atoms with E-state index in [2.05, 4.69) is 10.6 Å². The number of esters is 1. The quantitative estimate of drug-likeness (QED) is 0.594. The molecule has 0 unspecified atom stereocenters. The van der Waals surface area contributed by atoms with E-state index >= 15 is 0 Å². The molecule has 3 amide bonds. The van der Waals surface area contributed by atoms with Crippen molar-refractivity contribution >= 4 is 41.1 Å². The molecule has 1 heterocycles. The molecule has 1 aromatic carbocycles. The number of nitrogens with one attached hydrogen (secondary N) is 2. The minimum Gasteiger partial charge on any atom is -0.451 e. The van der Waals surface area contributed by atoms with Crippen LogP contribution in [0.4, 0.5) is 0 Å². The van der Waals surface area contributed by atoms with Gasteiger partial charge in [0, 0.05) is 6.92 Å². The first kappa shape index (κ1) is 19.1. The molecule has 0 aliphatic rings. The van der Waals surface area contributed by atoms with E-state index in [1.807, 2.05) is 6.07 Å². The zero-order chi connectivity index (χ0) is 18.9. The predicted molar refractivity (Wildman–Crippen MR) is 96.0 cm³/mol. The van der Waals surface area contributed by atoms with E-state index in [0.717, 1.165) is 0 Å². The monoisotopic (exact) mass is 372 g/mol. The molecule has 2 aromatic rings. The van der Waals surface area contributed by atoms with Gasteiger partial charge in [0.25, 0.3) is 11.8 Å². The SMILES string of the molecule is CC(=O)N/C(=C\c1ccccc1)C(=O)OCC(=O)NC(=O)c1cccs1. The third-order valence-electron chi connectivity index (χ3n) is 2.97. The number of rotatable bonds is 6. The van der Waals surface area contributed by atoms with Crippen LogP contribution in [-0.4, -0.2) is 30.3 Å². The van der Waals surface area contributed by atoms with Crippen molar-refractivity contribution in [2.24, 2.45) is 0 Å². The minimum atomic E-state index is -0.886. The van der Waals surface area contributed by atoms with Gasteiger partial charge in [-0.05, 0) is 23.1 Å². The van der Waals surface area contributed by atoms with Gasteiger partial charge >= 0.3 is 5.97 Å². The van der Waals surface area contributed by atoms with Crippen LogP contribution in [0.5, 0.6) is 0 Å². The third-order valence-corrected chi connectivity index (χ3v) is 3.84. The molecule has 0 spiro atoms. The fourth-order valence-electron chi connectivity index (χ4n) is 1.89. The highest BCUT2D eigenvalue weighted by Crippen LogP contribution is 2.08. The van der Waals surface area contributed by atoms with Crippen LogP contribution in [-0.2, 0) is 19.1 Å². The molecular formula is C18H16N2O5S. The summed E-state index contributed by atoms with van der Waals surface area (Å²) in [7, 11) is 0. The van der Waals surface area contributed by atoms with Gasteiger partial charge in [-0.3, -0.25) is 19.7 Å². The van der Waals surface area contributed by atoms with Gasteiger partial charge in [0.1, 0.15) is 5.70 Å². The maximum atomic E-state index is 12.1. The molecule has 0 saturated carbocycles. The van der Waals surface area contributed by atoms with Crippen LogP contribution in [0.15, 0.2) is 53.5 Å². The zero-order valence-corrected chi connectivity index (χ0v) is 14.7. The van der Waals surface area contributed by atoms with Crippen LogP contribution in [0, 0.1) is 0 Å². The van der Waals surface area contributed by atoms with E-state index in [1.54, 1.807) is 41.8 Å². The van der Waals surface area contributed by atoms with Gasteiger partial charge in [0.05, 0.1) is 4.88 Å². The standard InChI is InChI=1S/C18H16N2O5S/c1-12(21)19-14(10-13-6-3-2-4-7-13)18(24)25-11-16(22)20-17(23)15-8-5-9-26-15/h2-10H,11H2,1H3,(H,19,21)(H,20,22,23)/b14-10-. The van der Waals surface area contributed by atoms with Crippen molar-refractivity contribution in [2.45, 2.75) is 6.92 Å². The Hall–Kier alpha value is -3.26. The van der Waals surface area contributed by atoms with Crippen LogP contribution in [0.2, 0.25) is 0 Å². The largest absolute Gasteiger partial charge is 0.451 e. The highest BCUT2D eigenvalue weighted by atomic mass is 32.1. The minimum absolute atomic E-state index is 0.110. The van der Waals surface area contributed by atoms with Crippen LogP contribution in [0.3, 0.4) is 0 Å². The lowest BCUT2D eigenvalue weighted by atomic mass is 10.2. The number of thiophene rings is 1. The van der Waals surface area contributed by atoms with Gasteiger partial charge in [0.15, 0.2) is 6.61 Å². The summed E-state index contributed by atoms with van der Waals surface area (Å²) in [6, 6.07) is 12.1. The van der Waals surface area contributed by atoms with Gasteiger partial charge in [0.2, 0.25) is 5.91 Å². The molecule has 0 radical (unpaired) electrons. The summed E-state index contributed by atoms with van der Waals surface area (Å²) in [5, 5.41) is 6.18. The predicted octanol–water partition coefficient (Wildman–Crippen LogP) is 1.72. The number of carbonyl (C=O) groups is 4. The molecule has 0 aliphatic carbocycles. The molecule has 134 valence electrons. The number of amides is 3. The van der Waals surface area contributed by atoms with Gasteiger partial charge in [-0.1, -0.05) is 36.4 Å².